The first-order valence-corrected chi connectivity index (χ1v) is 13.3. The van der Waals surface area contributed by atoms with Gasteiger partial charge in [0.2, 0.25) is 0 Å². The van der Waals surface area contributed by atoms with Crippen LogP contribution in [0.25, 0.3) is 0 Å². The number of aryl methyl sites for hydroxylation is 1. The Bertz CT molecular complexity index is 1270. The molecular formula is C30H36N2O8. The second kappa shape index (κ2) is 14.8. The number of benzene rings is 2. The van der Waals surface area contributed by atoms with Crippen LogP contribution in [0.5, 0.6) is 5.75 Å². The SMILES string of the molecule is COC(=O)C1=C(C)NC(C)=C(C(=O)OCCCCOc2ccc(CCCCO)cc2)C1c1cccc([N+](=O)[O-])c1. The summed E-state index contributed by atoms with van der Waals surface area (Å²) in [6, 6.07) is 13.7. The molecule has 3 rings (SSSR count). The molecule has 1 aliphatic rings. The maximum atomic E-state index is 13.3. The molecule has 1 unspecified atom stereocenters. The number of aliphatic hydroxyl groups excluding tert-OH is 1. The predicted molar refractivity (Wildman–Crippen MR) is 149 cm³/mol. The van der Waals surface area contributed by atoms with E-state index < -0.39 is 22.8 Å². The zero-order chi connectivity index (χ0) is 29.1. The van der Waals surface area contributed by atoms with E-state index in [9.17, 15) is 19.7 Å². The monoisotopic (exact) mass is 552 g/mol. The van der Waals surface area contributed by atoms with Crippen molar-refractivity contribution in [1.29, 1.82) is 0 Å². The zero-order valence-electron chi connectivity index (χ0n) is 23.1. The minimum Gasteiger partial charge on any atom is -0.494 e. The molecule has 0 amide bonds. The Morgan fingerprint density at radius 3 is 2.27 bits per heavy atom. The number of non-ortho nitro benzene ring substituents is 1. The molecule has 10 heteroatoms. The number of nitrogens with zero attached hydrogens (tertiary/aromatic N) is 1. The highest BCUT2D eigenvalue weighted by atomic mass is 16.6. The highest BCUT2D eigenvalue weighted by molar-refractivity contribution is 5.99. The average Bonchev–Trinajstić information content (AvgIpc) is 2.95. The molecule has 0 spiro atoms. The Morgan fingerprint density at radius 2 is 1.62 bits per heavy atom. The molecule has 2 N–H and O–H groups in total. The summed E-state index contributed by atoms with van der Waals surface area (Å²) in [7, 11) is 1.24. The van der Waals surface area contributed by atoms with E-state index in [1.807, 2.05) is 24.3 Å². The number of unbranched alkanes of at least 4 members (excludes halogenated alkanes) is 2. The van der Waals surface area contributed by atoms with Gasteiger partial charge in [-0.15, -0.1) is 0 Å². The molecule has 2 aromatic carbocycles. The van der Waals surface area contributed by atoms with Gasteiger partial charge in [0, 0.05) is 30.1 Å². The summed E-state index contributed by atoms with van der Waals surface area (Å²) in [6.07, 6.45) is 3.85. The smallest absolute Gasteiger partial charge is 0.336 e. The Labute approximate surface area is 233 Å². The van der Waals surface area contributed by atoms with E-state index in [2.05, 4.69) is 5.32 Å². The highest BCUT2D eigenvalue weighted by Gasteiger charge is 2.38. The molecule has 0 saturated heterocycles. The minimum atomic E-state index is -0.893. The molecule has 0 aliphatic carbocycles. The van der Waals surface area contributed by atoms with E-state index in [4.69, 9.17) is 19.3 Å². The second-order valence-electron chi connectivity index (χ2n) is 9.50. The van der Waals surface area contributed by atoms with Crippen LogP contribution < -0.4 is 10.1 Å². The fourth-order valence-corrected chi connectivity index (χ4v) is 4.63. The third kappa shape index (κ3) is 7.92. The molecule has 1 heterocycles. The highest BCUT2D eigenvalue weighted by Crippen LogP contribution is 2.40. The Kier molecular flexibility index (Phi) is 11.3. The van der Waals surface area contributed by atoms with Crippen LogP contribution >= 0.6 is 0 Å². The zero-order valence-corrected chi connectivity index (χ0v) is 23.1. The lowest BCUT2D eigenvalue weighted by molar-refractivity contribution is -0.384. The van der Waals surface area contributed by atoms with Gasteiger partial charge in [-0.05, 0) is 69.2 Å². The van der Waals surface area contributed by atoms with Crippen LogP contribution in [0.15, 0.2) is 71.1 Å². The number of esters is 2. The van der Waals surface area contributed by atoms with Gasteiger partial charge in [-0.2, -0.15) is 0 Å². The molecule has 2 aromatic rings. The first-order chi connectivity index (χ1) is 19.3. The first-order valence-electron chi connectivity index (χ1n) is 13.3. The summed E-state index contributed by atoms with van der Waals surface area (Å²) in [5.74, 6) is -1.40. The number of aliphatic hydroxyl groups is 1. The summed E-state index contributed by atoms with van der Waals surface area (Å²) >= 11 is 0. The first kappa shape index (κ1) is 30.4. The number of methoxy groups -OCH3 is 1. The second-order valence-corrected chi connectivity index (χ2v) is 9.50. The third-order valence-electron chi connectivity index (χ3n) is 6.64. The summed E-state index contributed by atoms with van der Waals surface area (Å²) in [5, 5.41) is 23.4. The summed E-state index contributed by atoms with van der Waals surface area (Å²) < 4.78 is 16.3. The van der Waals surface area contributed by atoms with E-state index >= 15 is 0 Å². The lowest BCUT2D eigenvalue weighted by atomic mass is 9.80. The van der Waals surface area contributed by atoms with Gasteiger partial charge in [-0.1, -0.05) is 24.3 Å². The number of allylic oxidation sites excluding steroid dienone is 2. The third-order valence-corrected chi connectivity index (χ3v) is 6.64. The summed E-state index contributed by atoms with van der Waals surface area (Å²) in [4.78, 5) is 36.9. The van der Waals surface area contributed by atoms with Crippen molar-refractivity contribution in [2.75, 3.05) is 26.9 Å². The maximum Gasteiger partial charge on any atom is 0.336 e. The van der Waals surface area contributed by atoms with Gasteiger partial charge in [0.05, 0.1) is 42.3 Å². The molecule has 1 aliphatic heterocycles. The van der Waals surface area contributed by atoms with E-state index in [1.54, 1.807) is 19.9 Å². The molecule has 0 aromatic heterocycles. The minimum absolute atomic E-state index is 0.140. The molecule has 0 radical (unpaired) electrons. The van der Waals surface area contributed by atoms with Crippen LogP contribution in [0.1, 0.15) is 56.6 Å². The number of hydrogen-bond donors (Lipinski definition) is 2. The van der Waals surface area contributed by atoms with E-state index in [-0.39, 0.29) is 30.0 Å². The predicted octanol–water partition coefficient (Wildman–Crippen LogP) is 4.72. The topological polar surface area (TPSA) is 137 Å². The van der Waals surface area contributed by atoms with Gasteiger partial charge in [-0.3, -0.25) is 10.1 Å². The summed E-state index contributed by atoms with van der Waals surface area (Å²) in [6.45, 7) is 4.18. The number of rotatable bonds is 14. The van der Waals surface area contributed by atoms with Crippen LogP contribution in [0.4, 0.5) is 5.69 Å². The molecule has 214 valence electrons. The van der Waals surface area contributed by atoms with Crippen LogP contribution in [0.3, 0.4) is 0 Å². The van der Waals surface area contributed by atoms with Crippen LogP contribution in [0, 0.1) is 10.1 Å². The Hall–Kier alpha value is -4.18. The summed E-state index contributed by atoms with van der Waals surface area (Å²) in [5.41, 5.74) is 2.82. The molecule has 0 fully saturated rings. The van der Waals surface area contributed by atoms with Gasteiger partial charge < -0.3 is 24.6 Å². The Morgan fingerprint density at radius 1 is 0.950 bits per heavy atom. The molecule has 40 heavy (non-hydrogen) atoms. The Balaban J connectivity index is 1.61. The van der Waals surface area contributed by atoms with Crippen molar-refractivity contribution in [3.63, 3.8) is 0 Å². The number of nitrogens with one attached hydrogen (secondary N) is 1. The molecule has 10 nitrogen and oxygen atoms in total. The van der Waals surface area contributed by atoms with Gasteiger partial charge in [-0.25, -0.2) is 9.59 Å². The van der Waals surface area contributed by atoms with E-state index in [0.717, 1.165) is 25.0 Å². The van der Waals surface area contributed by atoms with Crippen LogP contribution in [-0.2, 0) is 25.5 Å². The lowest BCUT2D eigenvalue weighted by Crippen LogP contribution is -2.32. The fraction of sp³-hybridized carbons (Fsp3) is 0.400. The number of carbonyl (C=O) groups excluding carboxylic acids is 2. The van der Waals surface area contributed by atoms with Crippen molar-refractivity contribution in [2.45, 2.75) is 51.9 Å². The molecule has 0 bridgehead atoms. The number of nitro groups is 1. The standard InChI is InChI=1S/C30H36N2O8/c1-20-26(29(34)38-3)28(23-10-8-11-24(19-23)32(36)37)27(21(2)31-20)30(35)40-18-7-6-17-39-25-14-12-22(13-15-25)9-4-5-16-33/h8,10-15,19,28,31,33H,4-7,9,16-18H2,1-3H3. The number of carbonyl (C=O) groups is 2. The normalized spacial score (nSPS) is 14.9. The van der Waals surface area contributed by atoms with E-state index in [1.165, 1.54) is 30.9 Å². The molecule has 1 atom stereocenters. The number of dihydropyridines is 1. The van der Waals surface area contributed by atoms with Gasteiger partial charge in [0.15, 0.2) is 0 Å². The number of ether oxygens (including phenoxy) is 3. The average molecular weight is 553 g/mol. The van der Waals surface area contributed by atoms with Crippen LogP contribution in [0.2, 0.25) is 0 Å². The van der Waals surface area contributed by atoms with Crippen molar-refractivity contribution in [2.24, 2.45) is 0 Å². The number of hydrogen-bond acceptors (Lipinski definition) is 9. The van der Waals surface area contributed by atoms with Crippen molar-refractivity contribution in [1.82, 2.24) is 5.32 Å². The van der Waals surface area contributed by atoms with Gasteiger partial charge in [0.25, 0.3) is 5.69 Å². The van der Waals surface area contributed by atoms with Crippen molar-refractivity contribution < 1.29 is 33.8 Å². The number of nitro benzene ring substituents is 1. The quantitative estimate of drug-likeness (QED) is 0.148. The van der Waals surface area contributed by atoms with Crippen LogP contribution in [-0.4, -0.2) is 48.9 Å². The largest absolute Gasteiger partial charge is 0.494 e. The van der Waals surface area contributed by atoms with Gasteiger partial charge >= 0.3 is 11.9 Å². The lowest BCUT2D eigenvalue weighted by Gasteiger charge is -2.30. The maximum absolute atomic E-state index is 13.3. The fourth-order valence-electron chi connectivity index (χ4n) is 4.63. The van der Waals surface area contributed by atoms with Crippen molar-refractivity contribution >= 4 is 17.6 Å². The van der Waals surface area contributed by atoms with Crippen molar-refractivity contribution in [3.05, 3.63) is 92.3 Å². The van der Waals surface area contributed by atoms with Gasteiger partial charge in [0.1, 0.15) is 5.75 Å². The van der Waals surface area contributed by atoms with Crippen molar-refractivity contribution in [3.8, 4) is 5.75 Å². The molecular weight excluding hydrogens is 516 g/mol. The van der Waals surface area contributed by atoms with E-state index in [0.29, 0.717) is 36.4 Å². The molecule has 0 saturated carbocycles.